The fourth-order valence-electron chi connectivity index (χ4n) is 3.09. The minimum atomic E-state index is -3.63. The minimum Gasteiger partial charge on any atom is -0.497 e. The summed E-state index contributed by atoms with van der Waals surface area (Å²) in [6, 6.07) is 16.4. The molecule has 0 aliphatic heterocycles. The zero-order valence-electron chi connectivity index (χ0n) is 15.4. The average Bonchev–Trinajstić information content (AvgIpc) is 2.62. The lowest BCUT2D eigenvalue weighted by Crippen LogP contribution is -2.27. The molecule has 3 aromatic carbocycles. The zero-order valence-corrected chi connectivity index (χ0v) is 16.2. The Balaban J connectivity index is 1.92. The first kappa shape index (κ1) is 18.4. The normalized spacial score (nSPS) is 12.9. The van der Waals surface area contributed by atoms with Gasteiger partial charge in [-0.15, -0.1) is 0 Å². The number of rotatable bonds is 5. The quantitative estimate of drug-likeness (QED) is 0.720. The summed E-state index contributed by atoms with van der Waals surface area (Å²) in [5.74, 6) is 0.745. The van der Waals surface area contributed by atoms with E-state index in [-0.39, 0.29) is 10.9 Å². The fourth-order valence-corrected chi connectivity index (χ4v) is 4.34. The molecule has 1 atom stereocenters. The molecule has 0 spiro atoms. The molecule has 0 bridgehead atoms. The largest absolute Gasteiger partial charge is 0.497 e. The molecule has 136 valence electrons. The number of sulfonamides is 1. The van der Waals surface area contributed by atoms with Gasteiger partial charge in [-0.3, -0.25) is 0 Å². The molecule has 0 fully saturated rings. The topological polar surface area (TPSA) is 55.4 Å². The van der Waals surface area contributed by atoms with Gasteiger partial charge in [0.05, 0.1) is 12.0 Å². The van der Waals surface area contributed by atoms with Crippen LogP contribution >= 0.6 is 0 Å². The number of nitrogens with one attached hydrogen (secondary N) is 1. The highest BCUT2D eigenvalue weighted by molar-refractivity contribution is 7.89. The van der Waals surface area contributed by atoms with Crippen molar-refractivity contribution in [2.24, 2.45) is 0 Å². The molecule has 0 saturated carbocycles. The van der Waals surface area contributed by atoms with E-state index in [0.717, 1.165) is 33.2 Å². The Hall–Kier alpha value is -2.37. The van der Waals surface area contributed by atoms with Crippen molar-refractivity contribution in [3.05, 3.63) is 71.3 Å². The smallest absolute Gasteiger partial charge is 0.241 e. The van der Waals surface area contributed by atoms with Crippen LogP contribution in [-0.2, 0) is 10.0 Å². The predicted molar refractivity (Wildman–Crippen MR) is 105 cm³/mol. The first-order valence-corrected chi connectivity index (χ1v) is 9.96. The van der Waals surface area contributed by atoms with E-state index in [1.54, 1.807) is 25.3 Å². The van der Waals surface area contributed by atoms with Gasteiger partial charge in [-0.1, -0.05) is 35.9 Å². The molecule has 26 heavy (non-hydrogen) atoms. The Labute approximate surface area is 154 Å². The molecule has 1 N–H and O–H groups in total. The van der Waals surface area contributed by atoms with Crippen molar-refractivity contribution < 1.29 is 13.2 Å². The van der Waals surface area contributed by atoms with Gasteiger partial charge in [-0.05, 0) is 66.9 Å². The van der Waals surface area contributed by atoms with Crippen LogP contribution in [0.1, 0.15) is 29.7 Å². The van der Waals surface area contributed by atoms with Gasteiger partial charge in [0.1, 0.15) is 5.75 Å². The van der Waals surface area contributed by atoms with Crippen LogP contribution in [0.4, 0.5) is 0 Å². The minimum absolute atomic E-state index is 0.257. The van der Waals surface area contributed by atoms with Crippen molar-refractivity contribution >= 4 is 20.8 Å². The molecule has 0 aromatic heterocycles. The number of hydrogen-bond donors (Lipinski definition) is 1. The van der Waals surface area contributed by atoms with Crippen LogP contribution in [0.2, 0.25) is 0 Å². The zero-order chi connectivity index (χ0) is 18.9. The molecule has 5 heteroatoms. The van der Waals surface area contributed by atoms with Crippen molar-refractivity contribution in [2.75, 3.05) is 7.11 Å². The van der Waals surface area contributed by atoms with Gasteiger partial charge in [-0.25, -0.2) is 13.1 Å². The van der Waals surface area contributed by atoms with E-state index in [0.29, 0.717) is 0 Å². The SMILES string of the molecule is COc1ccc2cc(S(=O)(=O)N[C@@H](C)c3cc(C)ccc3C)ccc2c1. The standard InChI is InChI=1S/C21H23NO3S/c1-14-5-6-15(2)21(11-14)16(3)22-26(23,24)20-10-8-17-12-19(25-4)9-7-18(17)13-20/h5-13,16,22H,1-4H3/t16-/m0/s1. The van der Waals surface area contributed by atoms with Gasteiger partial charge in [0.25, 0.3) is 0 Å². The van der Waals surface area contributed by atoms with Crippen molar-refractivity contribution in [2.45, 2.75) is 31.7 Å². The van der Waals surface area contributed by atoms with Crippen LogP contribution in [-0.4, -0.2) is 15.5 Å². The number of benzene rings is 3. The maximum atomic E-state index is 12.8. The summed E-state index contributed by atoms with van der Waals surface area (Å²) < 4.78 is 33.7. The first-order chi connectivity index (χ1) is 12.3. The van der Waals surface area contributed by atoms with E-state index in [1.165, 1.54) is 0 Å². The summed E-state index contributed by atoms with van der Waals surface area (Å²) in [7, 11) is -2.02. The van der Waals surface area contributed by atoms with Gasteiger partial charge in [0, 0.05) is 6.04 Å². The van der Waals surface area contributed by atoms with Crippen molar-refractivity contribution in [3.8, 4) is 5.75 Å². The lowest BCUT2D eigenvalue weighted by Gasteiger charge is -2.18. The number of ether oxygens (including phenoxy) is 1. The molecule has 0 aliphatic rings. The Morgan fingerprint density at radius 1 is 0.923 bits per heavy atom. The van der Waals surface area contributed by atoms with Crippen LogP contribution in [0.15, 0.2) is 59.5 Å². The third kappa shape index (κ3) is 3.74. The molecular formula is C21H23NO3S. The second-order valence-electron chi connectivity index (χ2n) is 6.58. The number of fused-ring (bicyclic) bond motifs is 1. The van der Waals surface area contributed by atoms with Crippen LogP contribution < -0.4 is 9.46 Å². The lowest BCUT2D eigenvalue weighted by atomic mass is 10.0. The van der Waals surface area contributed by atoms with Gasteiger partial charge in [0.15, 0.2) is 0 Å². The van der Waals surface area contributed by atoms with E-state index >= 15 is 0 Å². The predicted octanol–water partition coefficient (Wildman–Crippen LogP) is 4.50. The average molecular weight is 369 g/mol. The molecule has 0 radical (unpaired) electrons. The monoisotopic (exact) mass is 369 g/mol. The summed E-state index contributed by atoms with van der Waals surface area (Å²) in [5, 5.41) is 1.79. The third-order valence-electron chi connectivity index (χ3n) is 4.56. The number of methoxy groups -OCH3 is 1. The summed E-state index contributed by atoms with van der Waals surface area (Å²) in [5.41, 5.74) is 3.16. The maximum absolute atomic E-state index is 12.8. The van der Waals surface area contributed by atoms with E-state index in [1.807, 2.05) is 57.2 Å². The van der Waals surface area contributed by atoms with Gasteiger partial charge < -0.3 is 4.74 Å². The van der Waals surface area contributed by atoms with Gasteiger partial charge >= 0.3 is 0 Å². The Morgan fingerprint density at radius 2 is 1.62 bits per heavy atom. The van der Waals surface area contributed by atoms with E-state index in [4.69, 9.17) is 4.74 Å². The van der Waals surface area contributed by atoms with E-state index in [2.05, 4.69) is 4.72 Å². The highest BCUT2D eigenvalue weighted by atomic mass is 32.2. The van der Waals surface area contributed by atoms with Crippen molar-refractivity contribution in [1.82, 2.24) is 4.72 Å². The second kappa shape index (κ2) is 7.09. The molecule has 0 saturated heterocycles. The molecule has 4 nitrogen and oxygen atoms in total. The van der Waals surface area contributed by atoms with Crippen LogP contribution in [0.3, 0.4) is 0 Å². The number of aryl methyl sites for hydroxylation is 2. The molecule has 0 amide bonds. The summed E-state index contributed by atoms with van der Waals surface area (Å²) in [6.07, 6.45) is 0. The molecular weight excluding hydrogens is 346 g/mol. The van der Waals surface area contributed by atoms with Crippen molar-refractivity contribution in [1.29, 1.82) is 0 Å². The van der Waals surface area contributed by atoms with E-state index in [9.17, 15) is 8.42 Å². The summed E-state index contributed by atoms with van der Waals surface area (Å²) >= 11 is 0. The highest BCUT2D eigenvalue weighted by Gasteiger charge is 2.20. The maximum Gasteiger partial charge on any atom is 0.241 e. The van der Waals surface area contributed by atoms with Crippen molar-refractivity contribution in [3.63, 3.8) is 0 Å². The number of hydrogen-bond acceptors (Lipinski definition) is 3. The lowest BCUT2D eigenvalue weighted by molar-refractivity contribution is 0.415. The van der Waals surface area contributed by atoms with Crippen LogP contribution in [0.5, 0.6) is 5.75 Å². The Morgan fingerprint density at radius 3 is 2.35 bits per heavy atom. The second-order valence-corrected chi connectivity index (χ2v) is 8.29. The van der Waals surface area contributed by atoms with Crippen LogP contribution in [0, 0.1) is 13.8 Å². The molecule has 3 aromatic rings. The molecule has 3 rings (SSSR count). The summed E-state index contributed by atoms with van der Waals surface area (Å²) in [4.78, 5) is 0.257. The molecule has 0 heterocycles. The molecule has 0 unspecified atom stereocenters. The Kier molecular flexibility index (Phi) is 5.03. The van der Waals surface area contributed by atoms with Crippen LogP contribution in [0.25, 0.3) is 10.8 Å². The first-order valence-electron chi connectivity index (χ1n) is 8.47. The van der Waals surface area contributed by atoms with Gasteiger partial charge in [-0.2, -0.15) is 0 Å². The van der Waals surface area contributed by atoms with E-state index < -0.39 is 10.0 Å². The fraction of sp³-hybridized carbons (Fsp3) is 0.238. The van der Waals surface area contributed by atoms with Gasteiger partial charge in [0.2, 0.25) is 10.0 Å². The highest BCUT2D eigenvalue weighted by Crippen LogP contribution is 2.25. The molecule has 0 aliphatic carbocycles. The Bertz CT molecular complexity index is 1060. The summed E-state index contributed by atoms with van der Waals surface area (Å²) in [6.45, 7) is 5.86. The third-order valence-corrected chi connectivity index (χ3v) is 6.10.